The zero-order valence-electron chi connectivity index (χ0n) is 7.42. The number of amides is 1. The van der Waals surface area contributed by atoms with Gasteiger partial charge >= 0.3 is 6.18 Å². The highest BCUT2D eigenvalue weighted by Gasteiger charge is 2.33. The van der Waals surface area contributed by atoms with Crippen molar-refractivity contribution in [3.05, 3.63) is 0 Å². The number of aliphatic hydroxyl groups excluding tert-OH is 2. The lowest BCUT2D eigenvalue weighted by Crippen LogP contribution is -2.38. The smallest absolute Gasteiger partial charge is 0.395 e. The van der Waals surface area contributed by atoms with E-state index in [1.807, 2.05) is 0 Å². The fourth-order valence-electron chi connectivity index (χ4n) is 0.886. The molecule has 0 radical (unpaired) electrons. The Morgan fingerprint density at radius 2 is 1.57 bits per heavy atom. The summed E-state index contributed by atoms with van der Waals surface area (Å²) in [4.78, 5) is 11.7. The standard InChI is InChI=1S/C7H12F3NO3/c8-7(9,10)5-6(14)11(1-3-12)2-4-13/h12-13H,1-5H2. The van der Waals surface area contributed by atoms with Crippen LogP contribution < -0.4 is 0 Å². The van der Waals surface area contributed by atoms with Crippen molar-refractivity contribution in [2.45, 2.75) is 12.6 Å². The molecule has 14 heavy (non-hydrogen) atoms. The quantitative estimate of drug-likeness (QED) is 0.665. The molecule has 0 aliphatic heterocycles. The van der Waals surface area contributed by atoms with Gasteiger partial charge in [-0.1, -0.05) is 0 Å². The summed E-state index contributed by atoms with van der Waals surface area (Å²) in [6.45, 7) is -1.25. The summed E-state index contributed by atoms with van der Waals surface area (Å²) in [5, 5.41) is 16.9. The van der Waals surface area contributed by atoms with Crippen LogP contribution in [0.15, 0.2) is 0 Å². The van der Waals surface area contributed by atoms with Crippen LogP contribution in [0.25, 0.3) is 0 Å². The van der Waals surface area contributed by atoms with Crippen LogP contribution in [0.3, 0.4) is 0 Å². The van der Waals surface area contributed by atoms with Gasteiger partial charge in [-0.3, -0.25) is 4.79 Å². The van der Waals surface area contributed by atoms with Gasteiger partial charge in [-0.25, -0.2) is 0 Å². The van der Waals surface area contributed by atoms with Gasteiger partial charge in [0.2, 0.25) is 5.91 Å². The third-order valence-corrected chi connectivity index (χ3v) is 1.44. The van der Waals surface area contributed by atoms with Crippen molar-refractivity contribution < 1.29 is 28.2 Å². The number of carbonyl (C=O) groups excluding carboxylic acids is 1. The Labute approximate surface area is 78.9 Å². The first-order chi connectivity index (χ1) is 6.40. The number of hydrogen-bond acceptors (Lipinski definition) is 3. The highest BCUT2D eigenvalue weighted by molar-refractivity contribution is 5.76. The molecule has 0 unspecified atom stereocenters. The maximum atomic E-state index is 11.8. The Morgan fingerprint density at radius 1 is 1.14 bits per heavy atom. The molecule has 0 aromatic heterocycles. The second kappa shape index (κ2) is 5.82. The number of carbonyl (C=O) groups is 1. The summed E-state index contributed by atoms with van der Waals surface area (Å²) in [5.41, 5.74) is 0. The van der Waals surface area contributed by atoms with E-state index in [1.54, 1.807) is 0 Å². The summed E-state index contributed by atoms with van der Waals surface area (Å²) < 4.78 is 35.3. The van der Waals surface area contributed by atoms with Gasteiger partial charge in [-0.05, 0) is 0 Å². The van der Waals surface area contributed by atoms with Crippen LogP contribution >= 0.6 is 0 Å². The molecule has 0 aromatic carbocycles. The molecule has 0 saturated heterocycles. The maximum absolute atomic E-state index is 11.8. The van der Waals surface area contributed by atoms with E-state index in [2.05, 4.69) is 0 Å². The minimum atomic E-state index is -4.56. The average Bonchev–Trinajstić information content (AvgIpc) is 2.01. The monoisotopic (exact) mass is 215 g/mol. The molecule has 0 heterocycles. The first-order valence-electron chi connectivity index (χ1n) is 3.97. The van der Waals surface area contributed by atoms with Crippen LogP contribution in [0, 0.1) is 0 Å². The molecular weight excluding hydrogens is 203 g/mol. The molecule has 0 bridgehead atoms. The second-order valence-electron chi connectivity index (χ2n) is 2.62. The predicted octanol–water partition coefficient (Wildman–Crippen LogP) is -0.248. The zero-order chi connectivity index (χ0) is 11.2. The number of halogens is 3. The molecule has 0 rings (SSSR count). The molecule has 7 heteroatoms. The molecule has 0 fully saturated rings. The normalized spacial score (nSPS) is 11.5. The molecule has 2 N–H and O–H groups in total. The lowest BCUT2D eigenvalue weighted by Gasteiger charge is -2.21. The Balaban J connectivity index is 4.14. The van der Waals surface area contributed by atoms with E-state index in [4.69, 9.17) is 10.2 Å². The van der Waals surface area contributed by atoms with Crippen molar-refractivity contribution in [2.24, 2.45) is 0 Å². The van der Waals surface area contributed by atoms with E-state index < -0.39 is 31.7 Å². The minimum Gasteiger partial charge on any atom is -0.395 e. The highest BCUT2D eigenvalue weighted by Crippen LogP contribution is 2.20. The van der Waals surface area contributed by atoms with Gasteiger partial charge in [-0.15, -0.1) is 0 Å². The fourth-order valence-corrected chi connectivity index (χ4v) is 0.886. The molecule has 84 valence electrons. The van der Waals surface area contributed by atoms with E-state index >= 15 is 0 Å². The summed E-state index contributed by atoms with van der Waals surface area (Å²) in [6.07, 6.45) is -6.12. The van der Waals surface area contributed by atoms with Crippen molar-refractivity contribution in [1.29, 1.82) is 0 Å². The van der Waals surface area contributed by atoms with Gasteiger partial charge in [0.25, 0.3) is 0 Å². The Kier molecular flexibility index (Phi) is 5.47. The van der Waals surface area contributed by atoms with Gasteiger partial charge < -0.3 is 15.1 Å². The number of hydrogen-bond donors (Lipinski definition) is 2. The summed E-state index contributed by atoms with van der Waals surface area (Å²) in [7, 11) is 0. The van der Waals surface area contributed by atoms with Crippen molar-refractivity contribution >= 4 is 5.91 Å². The van der Waals surface area contributed by atoms with Gasteiger partial charge in [0.1, 0.15) is 6.42 Å². The molecule has 0 saturated carbocycles. The van der Waals surface area contributed by atoms with Gasteiger partial charge in [0.15, 0.2) is 0 Å². The van der Waals surface area contributed by atoms with E-state index in [1.165, 1.54) is 0 Å². The van der Waals surface area contributed by atoms with E-state index in [9.17, 15) is 18.0 Å². The van der Waals surface area contributed by atoms with Crippen molar-refractivity contribution in [1.82, 2.24) is 4.90 Å². The first-order valence-corrected chi connectivity index (χ1v) is 3.97. The van der Waals surface area contributed by atoms with E-state index in [0.717, 1.165) is 4.90 Å². The van der Waals surface area contributed by atoms with Crippen LogP contribution in [0.4, 0.5) is 13.2 Å². The molecule has 4 nitrogen and oxygen atoms in total. The largest absolute Gasteiger partial charge is 0.397 e. The average molecular weight is 215 g/mol. The second-order valence-corrected chi connectivity index (χ2v) is 2.62. The van der Waals surface area contributed by atoms with Crippen LogP contribution in [-0.4, -0.2) is 53.5 Å². The van der Waals surface area contributed by atoms with Gasteiger partial charge in [0.05, 0.1) is 13.2 Å². The Bertz CT molecular complexity index is 178. The van der Waals surface area contributed by atoms with E-state index in [0.29, 0.717) is 0 Å². The summed E-state index contributed by atoms with van der Waals surface area (Å²) in [6, 6.07) is 0. The third-order valence-electron chi connectivity index (χ3n) is 1.44. The molecule has 1 amide bonds. The predicted molar refractivity (Wildman–Crippen MR) is 41.4 cm³/mol. The fraction of sp³-hybridized carbons (Fsp3) is 0.857. The Morgan fingerprint density at radius 3 is 1.86 bits per heavy atom. The molecule has 0 aromatic rings. The highest BCUT2D eigenvalue weighted by atomic mass is 19.4. The van der Waals surface area contributed by atoms with E-state index in [-0.39, 0.29) is 13.1 Å². The molecule has 0 aliphatic carbocycles. The van der Waals surface area contributed by atoms with Crippen molar-refractivity contribution in [3.63, 3.8) is 0 Å². The van der Waals surface area contributed by atoms with Crippen LogP contribution in [-0.2, 0) is 4.79 Å². The minimum absolute atomic E-state index is 0.199. The lowest BCUT2D eigenvalue weighted by molar-refractivity contribution is -0.162. The van der Waals surface area contributed by atoms with Crippen LogP contribution in [0.2, 0.25) is 0 Å². The first kappa shape index (κ1) is 13.2. The van der Waals surface area contributed by atoms with Crippen molar-refractivity contribution in [2.75, 3.05) is 26.3 Å². The van der Waals surface area contributed by atoms with Crippen molar-refractivity contribution in [3.8, 4) is 0 Å². The summed E-state index contributed by atoms with van der Waals surface area (Å²) >= 11 is 0. The third kappa shape index (κ3) is 5.76. The zero-order valence-corrected chi connectivity index (χ0v) is 7.42. The topological polar surface area (TPSA) is 60.8 Å². The summed E-state index contributed by atoms with van der Waals surface area (Å²) in [5.74, 6) is -1.14. The molecule has 0 aliphatic rings. The van der Waals surface area contributed by atoms with Crippen LogP contribution in [0.1, 0.15) is 6.42 Å². The number of nitrogens with zero attached hydrogens (tertiary/aromatic N) is 1. The Hall–Kier alpha value is -0.820. The maximum Gasteiger partial charge on any atom is 0.397 e. The molecular formula is C7H12F3NO3. The molecule has 0 atom stereocenters. The lowest BCUT2D eigenvalue weighted by atomic mass is 10.3. The van der Waals surface area contributed by atoms with Gasteiger partial charge in [0, 0.05) is 13.1 Å². The number of alkyl halides is 3. The number of aliphatic hydroxyl groups is 2. The number of rotatable bonds is 5. The van der Waals surface area contributed by atoms with Crippen LogP contribution in [0.5, 0.6) is 0 Å². The SMILES string of the molecule is O=C(CC(F)(F)F)N(CCO)CCO. The molecule has 0 spiro atoms. The van der Waals surface area contributed by atoms with Gasteiger partial charge in [-0.2, -0.15) is 13.2 Å².